The van der Waals surface area contributed by atoms with Crippen LogP contribution in [0.4, 0.5) is 0 Å². The summed E-state index contributed by atoms with van der Waals surface area (Å²) in [5, 5.41) is 2.86. The van der Waals surface area contributed by atoms with E-state index in [-0.39, 0.29) is 11.8 Å². The normalized spacial score (nSPS) is 11.5. The topological polar surface area (TPSA) is 67.9 Å². The molecule has 1 atom stereocenters. The molecular formula is C25H34N2O4. The second-order valence-corrected chi connectivity index (χ2v) is 7.27. The molecular weight excluding hydrogens is 392 g/mol. The molecule has 2 amide bonds. The van der Waals surface area contributed by atoms with Crippen LogP contribution >= 0.6 is 0 Å². The van der Waals surface area contributed by atoms with Crippen LogP contribution in [-0.4, -0.2) is 49.6 Å². The van der Waals surface area contributed by atoms with E-state index in [1.807, 2.05) is 68.4 Å². The van der Waals surface area contributed by atoms with E-state index in [0.29, 0.717) is 45.4 Å². The molecule has 0 unspecified atom stereocenters. The number of carbonyl (C=O) groups is 2. The van der Waals surface area contributed by atoms with Gasteiger partial charge in [-0.05, 0) is 56.0 Å². The Hall–Kier alpha value is -3.02. The second kappa shape index (κ2) is 13.3. The number of amides is 2. The van der Waals surface area contributed by atoms with Crippen molar-refractivity contribution < 1.29 is 19.1 Å². The first-order chi connectivity index (χ1) is 15.1. The maximum Gasteiger partial charge on any atom is 0.242 e. The average Bonchev–Trinajstić information content (AvgIpc) is 2.80. The van der Waals surface area contributed by atoms with Crippen LogP contribution in [0, 0.1) is 0 Å². The van der Waals surface area contributed by atoms with Crippen molar-refractivity contribution in [1.82, 2.24) is 10.2 Å². The molecule has 2 aromatic carbocycles. The van der Waals surface area contributed by atoms with Gasteiger partial charge in [0.25, 0.3) is 0 Å². The molecule has 0 aliphatic heterocycles. The average molecular weight is 427 g/mol. The van der Waals surface area contributed by atoms with Gasteiger partial charge in [-0.15, -0.1) is 0 Å². The summed E-state index contributed by atoms with van der Waals surface area (Å²) in [6, 6.07) is 16.9. The van der Waals surface area contributed by atoms with Crippen molar-refractivity contribution in [1.29, 1.82) is 0 Å². The maximum absolute atomic E-state index is 13.0. The fraction of sp³-hybridized carbons (Fsp3) is 0.440. The third-order valence-electron chi connectivity index (χ3n) is 5.08. The van der Waals surface area contributed by atoms with Crippen molar-refractivity contribution in [2.45, 2.75) is 45.6 Å². The molecule has 0 aromatic heterocycles. The zero-order valence-electron chi connectivity index (χ0n) is 18.8. The third kappa shape index (κ3) is 7.96. The molecule has 0 radical (unpaired) electrons. The number of benzene rings is 2. The molecule has 0 saturated carbocycles. The van der Waals surface area contributed by atoms with Crippen LogP contribution in [0.2, 0.25) is 0 Å². The van der Waals surface area contributed by atoms with E-state index >= 15 is 0 Å². The number of nitrogens with zero attached hydrogens (tertiary/aromatic N) is 1. The molecule has 31 heavy (non-hydrogen) atoms. The van der Waals surface area contributed by atoms with E-state index in [9.17, 15) is 9.59 Å². The van der Waals surface area contributed by atoms with Gasteiger partial charge in [-0.25, -0.2) is 0 Å². The summed E-state index contributed by atoms with van der Waals surface area (Å²) in [6.45, 7) is 5.32. The molecule has 1 N–H and O–H groups in total. The minimum atomic E-state index is -0.460. The highest BCUT2D eigenvalue weighted by Gasteiger charge is 2.27. The lowest BCUT2D eigenvalue weighted by atomic mass is 10.1. The highest BCUT2D eigenvalue weighted by molar-refractivity contribution is 5.87. The van der Waals surface area contributed by atoms with Gasteiger partial charge >= 0.3 is 0 Å². The first-order valence-corrected chi connectivity index (χ1v) is 11.0. The molecule has 6 heteroatoms. The number of hydrogen-bond donors (Lipinski definition) is 1. The number of methoxy groups -OCH3 is 1. The van der Waals surface area contributed by atoms with Gasteiger partial charge in [-0.2, -0.15) is 0 Å². The fourth-order valence-corrected chi connectivity index (χ4v) is 3.42. The first-order valence-electron chi connectivity index (χ1n) is 11.0. The number of nitrogens with one attached hydrogen (secondary N) is 1. The van der Waals surface area contributed by atoms with Crippen LogP contribution in [0.25, 0.3) is 0 Å². The molecule has 0 aliphatic rings. The lowest BCUT2D eigenvalue weighted by Gasteiger charge is -2.30. The molecule has 0 fully saturated rings. The van der Waals surface area contributed by atoms with Crippen molar-refractivity contribution in [3.05, 3.63) is 60.2 Å². The smallest absolute Gasteiger partial charge is 0.242 e. The fourth-order valence-electron chi connectivity index (χ4n) is 3.42. The van der Waals surface area contributed by atoms with Crippen molar-refractivity contribution in [3.8, 4) is 11.5 Å². The first kappa shape index (κ1) is 24.3. The summed E-state index contributed by atoms with van der Waals surface area (Å²) >= 11 is 0. The summed E-state index contributed by atoms with van der Waals surface area (Å²) < 4.78 is 10.9. The van der Waals surface area contributed by atoms with Gasteiger partial charge in [0, 0.05) is 19.5 Å². The molecule has 168 valence electrons. The number of likely N-dealkylation sites (N-methyl/N-ethyl adjacent to an activating group) is 1. The summed E-state index contributed by atoms with van der Waals surface area (Å²) in [6.07, 6.45) is 2.21. The maximum atomic E-state index is 13.0. The summed E-state index contributed by atoms with van der Waals surface area (Å²) in [5.41, 5.74) is 1.15. The van der Waals surface area contributed by atoms with E-state index in [1.165, 1.54) is 0 Å². The molecule has 0 spiro atoms. The minimum absolute atomic E-state index is 0.0210. The van der Waals surface area contributed by atoms with E-state index in [2.05, 4.69) is 5.32 Å². The molecule has 0 heterocycles. The van der Waals surface area contributed by atoms with Gasteiger partial charge < -0.3 is 19.7 Å². The number of ether oxygens (including phenoxy) is 2. The van der Waals surface area contributed by atoms with Gasteiger partial charge in [0.2, 0.25) is 11.8 Å². The van der Waals surface area contributed by atoms with Crippen LogP contribution in [0.15, 0.2) is 54.6 Å². The lowest BCUT2D eigenvalue weighted by Crippen LogP contribution is -2.50. The van der Waals surface area contributed by atoms with E-state index in [1.54, 1.807) is 12.0 Å². The zero-order valence-corrected chi connectivity index (χ0v) is 18.8. The third-order valence-corrected chi connectivity index (χ3v) is 5.08. The van der Waals surface area contributed by atoms with Crippen LogP contribution in [0.1, 0.15) is 38.7 Å². The summed E-state index contributed by atoms with van der Waals surface area (Å²) in [4.78, 5) is 27.3. The monoisotopic (exact) mass is 426 g/mol. The Morgan fingerprint density at radius 3 is 2.29 bits per heavy atom. The lowest BCUT2D eigenvalue weighted by molar-refractivity contribution is -0.140. The number of rotatable bonds is 13. The number of carbonyl (C=O) groups excluding carboxylic acids is 2. The molecule has 6 nitrogen and oxygen atoms in total. The van der Waals surface area contributed by atoms with Gasteiger partial charge in [0.05, 0.1) is 13.7 Å². The Bertz CT molecular complexity index is 793. The molecule has 0 aliphatic carbocycles. The Labute approximate surface area is 185 Å². The summed E-state index contributed by atoms with van der Waals surface area (Å²) in [7, 11) is 1.62. The van der Waals surface area contributed by atoms with Gasteiger partial charge in [0.1, 0.15) is 17.5 Å². The van der Waals surface area contributed by atoms with Gasteiger partial charge in [0.15, 0.2) is 0 Å². The van der Waals surface area contributed by atoms with Gasteiger partial charge in [-0.1, -0.05) is 37.3 Å². The number of hydrogen-bond acceptors (Lipinski definition) is 4. The van der Waals surface area contributed by atoms with Gasteiger partial charge in [-0.3, -0.25) is 9.59 Å². The van der Waals surface area contributed by atoms with E-state index < -0.39 is 6.04 Å². The highest BCUT2D eigenvalue weighted by atomic mass is 16.5. The molecule has 2 aromatic rings. The standard InChI is InChI=1S/C25H34N2O4/c1-4-23(25(29)26-5-2)27(18-17-20-10-7-6-8-11-20)24(28)12-9-19-31-22-15-13-21(30-3)14-16-22/h6-8,10-11,13-16,23H,4-5,9,12,17-19H2,1-3H3,(H,26,29)/t23-/m1/s1. The molecule has 0 saturated heterocycles. The van der Waals surface area contributed by atoms with Crippen molar-refractivity contribution in [3.63, 3.8) is 0 Å². The second-order valence-electron chi connectivity index (χ2n) is 7.27. The predicted molar refractivity (Wildman–Crippen MR) is 122 cm³/mol. The van der Waals surface area contributed by atoms with E-state index in [4.69, 9.17) is 9.47 Å². The Morgan fingerprint density at radius 1 is 1.00 bits per heavy atom. The zero-order chi connectivity index (χ0) is 22.5. The Morgan fingerprint density at radius 2 is 1.68 bits per heavy atom. The van der Waals surface area contributed by atoms with Crippen molar-refractivity contribution in [2.75, 3.05) is 26.8 Å². The Kier molecular flexibility index (Phi) is 10.4. The van der Waals surface area contributed by atoms with Crippen LogP contribution < -0.4 is 14.8 Å². The quantitative estimate of drug-likeness (QED) is 0.494. The van der Waals surface area contributed by atoms with Crippen LogP contribution in [0.3, 0.4) is 0 Å². The molecule has 0 bridgehead atoms. The van der Waals surface area contributed by atoms with Crippen LogP contribution in [0.5, 0.6) is 11.5 Å². The van der Waals surface area contributed by atoms with Crippen LogP contribution in [-0.2, 0) is 16.0 Å². The SMILES string of the molecule is CCNC(=O)[C@@H](CC)N(CCc1ccccc1)C(=O)CCCOc1ccc(OC)cc1. The predicted octanol–water partition coefficient (Wildman–Crippen LogP) is 3.84. The van der Waals surface area contributed by atoms with Crippen molar-refractivity contribution in [2.24, 2.45) is 0 Å². The van der Waals surface area contributed by atoms with Crippen molar-refractivity contribution >= 4 is 11.8 Å². The highest BCUT2D eigenvalue weighted by Crippen LogP contribution is 2.17. The largest absolute Gasteiger partial charge is 0.497 e. The molecule has 2 rings (SSSR count). The minimum Gasteiger partial charge on any atom is -0.497 e. The van der Waals surface area contributed by atoms with E-state index in [0.717, 1.165) is 17.1 Å². The summed E-state index contributed by atoms with van der Waals surface area (Å²) in [5.74, 6) is 1.39. The Balaban J connectivity index is 1.94.